The van der Waals surface area contributed by atoms with Gasteiger partial charge in [0.15, 0.2) is 4.96 Å². The van der Waals surface area contributed by atoms with E-state index in [0.29, 0.717) is 49.5 Å². The molecule has 2 aromatic carbocycles. The molecule has 10 heteroatoms. The van der Waals surface area contributed by atoms with Gasteiger partial charge in [-0.05, 0) is 36.8 Å². The van der Waals surface area contributed by atoms with E-state index in [2.05, 4.69) is 10.3 Å². The summed E-state index contributed by atoms with van der Waals surface area (Å²) in [6, 6.07) is 14.3. The van der Waals surface area contributed by atoms with Crippen molar-refractivity contribution in [1.29, 1.82) is 0 Å². The fourth-order valence-electron chi connectivity index (χ4n) is 4.08. The first-order chi connectivity index (χ1) is 16.5. The summed E-state index contributed by atoms with van der Waals surface area (Å²) in [4.78, 5) is 46.5. The second-order valence-corrected chi connectivity index (χ2v) is 8.99. The van der Waals surface area contributed by atoms with E-state index >= 15 is 0 Å². The lowest BCUT2D eigenvalue weighted by molar-refractivity contribution is 0.0600. The smallest absolute Gasteiger partial charge is 0.337 e. The number of urea groups is 1. The van der Waals surface area contributed by atoms with Gasteiger partial charge in [-0.15, -0.1) is 0 Å². The second kappa shape index (κ2) is 9.14. The number of nitrogens with one attached hydrogen (secondary N) is 1. The minimum absolute atomic E-state index is 0.131. The third-order valence-corrected chi connectivity index (χ3v) is 6.86. The van der Waals surface area contributed by atoms with Crippen LogP contribution in [0.4, 0.5) is 10.5 Å². The third-order valence-electron chi connectivity index (χ3n) is 5.82. The average Bonchev–Trinajstić information content (AvgIpc) is 3.31. The summed E-state index contributed by atoms with van der Waals surface area (Å²) >= 11 is 1.55. The Balaban J connectivity index is 1.24. The molecule has 1 saturated heterocycles. The van der Waals surface area contributed by atoms with Crippen molar-refractivity contribution >= 4 is 50.1 Å². The van der Waals surface area contributed by atoms with E-state index in [1.54, 1.807) is 51.6 Å². The van der Waals surface area contributed by atoms with Crippen LogP contribution in [0.25, 0.3) is 15.2 Å². The highest BCUT2D eigenvalue weighted by atomic mass is 32.1. The van der Waals surface area contributed by atoms with Crippen molar-refractivity contribution in [2.45, 2.75) is 6.42 Å². The number of carbonyl (C=O) groups excluding carboxylic acids is 3. The number of esters is 1. The van der Waals surface area contributed by atoms with Crippen molar-refractivity contribution in [2.75, 3.05) is 38.6 Å². The number of methoxy groups -OCH3 is 1. The molecule has 34 heavy (non-hydrogen) atoms. The van der Waals surface area contributed by atoms with E-state index in [9.17, 15) is 14.4 Å². The fraction of sp³-hybridized carbons (Fsp3) is 0.250. The SMILES string of the molecule is COC(=O)c1cccc(NC(=O)N2CCCN(C(=O)c3cn4c(n3)sc3ccccc34)CC2)c1. The molecular weight excluding hydrogens is 454 g/mol. The van der Waals surface area contributed by atoms with Gasteiger partial charge >= 0.3 is 12.0 Å². The number of hydrogen-bond donors (Lipinski definition) is 1. The predicted octanol–water partition coefficient (Wildman–Crippen LogP) is 3.72. The molecule has 0 atom stereocenters. The van der Waals surface area contributed by atoms with Crippen LogP contribution < -0.4 is 5.32 Å². The van der Waals surface area contributed by atoms with Crippen molar-refractivity contribution in [1.82, 2.24) is 19.2 Å². The molecule has 4 aromatic rings. The number of amides is 3. The Morgan fingerprint density at radius 2 is 1.79 bits per heavy atom. The number of ether oxygens (including phenoxy) is 1. The normalized spacial score (nSPS) is 14.3. The van der Waals surface area contributed by atoms with Crippen molar-refractivity contribution in [3.63, 3.8) is 0 Å². The molecule has 0 radical (unpaired) electrons. The molecule has 1 fully saturated rings. The van der Waals surface area contributed by atoms with Gasteiger partial charge in [-0.3, -0.25) is 9.20 Å². The van der Waals surface area contributed by atoms with Crippen LogP contribution in [-0.2, 0) is 4.74 Å². The summed E-state index contributed by atoms with van der Waals surface area (Å²) in [7, 11) is 1.31. The van der Waals surface area contributed by atoms with Crippen LogP contribution >= 0.6 is 11.3 Å². The summed E-state index contributed by atoms with van der Waals surface area (Å²) in [5, 5.41) is 2.83. The van der Waals surface area contributed by atoms with Crippen LogP contribution in [0.5, 0.6) is 0 Å². The summed E-state index contributed by atoms with van der Waals surface area (Å²) in [5.74, 6) is -0.597. The molecule has 0 saturated carbocycles. The fourth-order valence-corrected chi connectivity index (χ4v) is 5.09. The molecular formula is C24H23N5O4S. The van der Waals surface area contributed by atoms with Gasteiger partial charge in [-0.1, -0.05) is 29.5 Å². The van der Waals surface area contributed by atoms with Crippen LogP contribution in [0, 0.1) is 0 Å². The number of hydrogen-bond acceptors (Lipinski definition) is 6. The molecule has 5 rings (SSSR count). The number of anilines is 1. The molecule has 3 heterocycles. The van der Waals surface area contributed by atoms with Crippen molar-refractivity contribution < 1.29 is 19.1 Å². The van der Waals surface area contributed by atoms with E-state index < -0.39 is 5.97 Å². The van der Waals surface area contributed by atoms with Crippen molar-refractivity contribution in [2.24, 2.45) is 0 Å². The molecule has 1 aliphatic rings. The van der Waals surface area contributed by atoms with Crippen molar-refractivity contribution in [3.05, 3.63) is 66.0 Å². The van der Waals surface area contributed by atoms with E-state index in [4.69, 9.17) is 4.74 Å². The Bertz CT molecular complexity index is 1390. The van der Waals surface area contributed by atoms with Gasteiger partial charge in [-0.25, -0.2) is 14.6 Å². The number of imidazole rings is 1. The largest absolute Gasteiger partial charge is 0.465 e. The molecule has 1 aliphatic heterocycles. The summed E-state index contributed by atoms with van der Waals surface area (Å²) in [6.07, 6.45) is 2.45. The standard InChI is InChI=1S/C24H23N5O4S/c1-33-22(31)16-6-4-7-17(14-16)25-23(32)28-11-5-10-27(12-13-28)21(30)18-15-29-19-8-2-3-9-20(19)34-24(29)26-18/h2-4,6-9,14-15H,5,10-13H2,1H3,(H,25,32). The van der Waals surface area contributed by atoms with Gasteiger partial charge in [-0.2, -0.15) is 0 Å². The zero-order valence-corrected chi connectivity index (χ0v) is 19.4. The van der Waals surface area contributed by atoms with Crippen molar-refractivity contribution in [3.8, 4) is 0 Å². The van der Waals surface area contributed by atoms with E-state index in [0.717, 1.165) is 15.2 Å². The molecule has 3 amide bonds. The molecule has 1 N–H and O–H groups in total. The van der Waals surface area contributed by atoms with E-state index in [-0.39, 0.29) is 11.9 Å². The number of benzene rings is 2. The molecule has 0 spiro atoms. The van der Waals surface area contributed by atoms with Crippen LogP contribution in [-0.4, -0.2) is 70.4 Å². The number of carbonyl (C=O) groups is 3. The molecule has 0 unspecified atom stereocenters. The Labute approximate surface area is 199 Å². The van der Waals surface area contributed by atoms with Crippen LogP contribution in [0.1, 0.15) is 27.3 Å². The first kappa shape index (κ1) is 21.9. The molecule has 2 aromatic heterocycles. The zero-order chi connectivity index (χ0) is 23.7. The Kier molecular flexibility index (Phi) is 5.89. The first-order valence-electron chi connectivity index (χ1n) is 10.9. The van der Waals surface area contributed by atoms with Gasteiger partial charge in [0.05, 0.1) is 22.9 Å². The lowest BCUT2D eigenvalue weighted by atomic mass is 10.2. The first-order valence-corrected chi connectivity index (χ1v) is 11.8. The minimum atomic E-state index is -0.466. The maximum Gasteiger partial charge on any atom is 0.337 e. The predicted molar refractivity (Wildman–Crippen MR) is 129 cm³/mol. The Morgan fingerprint density at radius 1 is 1.00 bits per heavy atom. The average molecular weight is 478 g/mol. The van der Waals surface area contributed by atoms with Crippen LogP contribution in [0.2, 0.25) is 0 Å². The Morgan fingerprint density at radius 3 is 2.65 bits per heavy atom. The number of para-hydroxylation sites is 1. The summed E-state index contributed by atoms with van der Waals surface area (Å²) in [5.41, 5.74) is 2.31. The highest BCUT2D eigenvalue weighted by Gasteiger charge is 2.25. The number of aromatic nitrogens is 2. The quantitative estimate of drug-likeness (QED) is 0.454. The maximum atomic E-state index is 13.1. The Hall–Kier alpha value is -3.92. The van der Waals surface area contributed by atoms with Gasteiger partial charge in [0.2, 0.25) is 0 Å². The number of nitrogens with zero attached hydrogens (tertiary/aromatic N) is 4. The minimum Gasteiger partial charge on any atom is -0.465 e. The lowest BCUT2D eigenvalue weighted by Gasteiger charge is -2.22. The second-order valence-electron chi connectivity index (χ2n) is 7.98. The molecule has 9 nitrogen and oxygen atoms in total. The molecule has 0 aliphatic carbocycles. The van der Waals surface area contributed by atoms with Gasteiger partial charge < -0.3 is 19.9 Å². The number of rotatable bonds is 3. The molecule has 174 valence electrons. The van der Waals surface area contributed by atoms with Crippen LogP contribution in [0.15, 0.2) is 54.7 Å². The highest BCUT2D eigenvalue weighted by molar-refractivity contribution is 7.23. The lowest BCUT2D eigenvalue weighted by Crippen LogP contribution is -2.39. The molecule has 0 bridgehead atoms. The van der Waals surface area contributed by atoms with E-state index in [1.165, 1.54) is 7.11 Å². The van der Waals surface area contributed by atoms with E-state index in [1.807, 2.05) is 28.7 Å². The monoisotopic (exact) mass is 477 g/mol. The maximum absolute atomic E-state index is 13.1. The topological polar surface area (TPSA) is 96.2 Å². The van der Waals surface area contributed by atoms with Gasteiger partial charge in [0.1, 0.15) is 5.69 Å². The number of fused-ring (bicyclic) bond motifs is 3. The summed E-state index contributed by atoms with van der Waals surface area (Å²) in [6.45, 7) is 1.89. The number of thiazole rings is 1. The summed E-state index contributed by atoms with van der Waals surface area (Å²) < 4.78 is 7.80. The van der Waals surface area contributed by atoms with Gasteiger partial charge in [0, 0.05) is 38.1 Å². The third kappa shape index (κ3) is 4.19. The zero-order valence-electron chi connectivity index (χ0n) is 18.6. The van der Waals surface area contributed by atoms with Crippen LogP contribution in [0.3, 0.4) is 0 Å². The van der Waals surface area contributed by atoms with Gasteiger partial charge in [0.25, 0.3) is 5.91 Å². The highest BCUT2D eigenvalue weighted by Crippen LogP contribution is 2.26.